The Morgan fingerprint density at radius 2 is 2.09 bits per heavy atom. The summed E-state index contributed by atoms with van der Waals surface area (Å²) in [5, 5.41) is 10.1. The number of methoxy groups -OCH3 is 1. The van der Waals surface area contributed by atoms with E-state index in [0.29, 0.717) is 28.0 Å². The molecule has 118 valence electrons. The zero-order chi connectivity index (χ0) is 16.3. The molecule has 0 spiro atoms. The van der Waals surface area contributed by atoms with Crippen molar-refractivity contribution in [3.05, 3.63) is 34.5 Å². The first-order valence-electron chi connectivity index (χ1n) is 6.75. The number of rotatable bonds is 5. The molecule has 1 aromatic carbocycles. The van der Waals surface area contributed by atoms with Gasteiger partial charge in [-0.1, -0.05) is 16.8 Å². The number of hydrogen-bond acceptors (Lipinski definition) is 5. The van der Waals surface area contributed by atoms with Gasteiger partial charge < -0.3 is 19.9 Å². The monoisotopic (exact) mass is 323 g/mol. The Bertz CT molecular complexity index is 685. The molecule has 0 aliphatic heterocycles. The largest absolute Gasteiger partial charge is 0.495 e. The molecule has 0 saturated carbocycles. The van der Waals surface area contributed by atoms with Crippen LogP contribution in [0.2, 0.25) is 5.02 Å². The van der Waals surface area contributed by atoms with E-state index in [2.05, 4.69) is 15.8 Å². The summed E-state index contributed by atoms with van der Waals surface area (Å²) in [6.45, 7) is 5.38. The van der Waals surface area contributed by atoms with Gasteiger partial charge in [-0.25, -0.2) is 0 Å². The van der Waals surface area contributed by atoms with Gasteiger partial charge in [0.15, 0.2) is 5.82 Å². The summed E-state index contributed by atoms with van der Waals surface area (Å²) in [6, 6.07) is 4.71. The van der Waals surface area contributed by atoms with Crippen LogP contribution >= 0.6 is 11.6 Å². The van der Waals surface area contributed by atoms with Crippen LogP contribution < -0.4 is 15.4 Å². The highest BCUT2D eigenvalue weighted by molar-refractivity contribution is 6.31. The van der Waals surface area contributed by atoms with Gasteiger partial charge in [-0.3, -0.25) is 4.79 Å². The second kappa shape index (κ2) is 6.70. The number of carbonyl (C=O) groups is 1. The highest BCUT2D eigenvalue weighted by Gasteiger charge is 2.17. The van der Waals surface area contributed by atoms with Crippen LogP contribution in [0.25, 0.3) is 0 Å². The van der Waals surface area contributed by atoms with Gasteiger partial charge >= 0.3 is 0 Å². The molecule has 1 amide bonds. The third kappa shape index (κ3) is 3.71. The van der Waals surface area contributed by atoms with Crippen molar-refractivity contribution < 1.29 is 14.1 Å². The number of nitrogens with zero attached hydrogens (tertiary/aromatic N) is 1. The first-order chi connectivity index (χ1) is 10.4. The van der Waals surface area contributed by atoms with E-state index in [1.54, 1.807) is 33.1 Å². The van der Waals surface area contributed by atoms with Gasteiger partial charge in [0.05, 0.1) is 12.8 Å². The lowest BCUT2D eigenvalue weighted by molar-refractivity contribution is -0.116. The van der Waals surface area contributed by atoms with E-state index in [9.17, 15) is 4.79 Å². The molecule has 0 bridgehead atoms. The molecule has 2 N–H and O–H groups in total. The maximum Gasteiger partial charge on any atom is 0.247 e. The van der Waals surface area contributed by atoms with Gasteiger partial charge in [0.25, 0.3) is 0 Å². The number of amides is 1. The third-order valence-electron chi connectivity index (χ3n) is 3.13. The minimum absolute atomic E-state index is 0.233. The molecule has 22 heavy (non-hydrogen) atoms. The van der Waals surface area contributed by atoms with Gasteiger partial charge in [0, 0.05) is 17.2 Å². The molecule has 2 aromatic rings. The number of hydrogen-bond donors (Lipinski definition) is 2. The third-order valence-corrected chi connectivity index (χ3v) is 3.53. The number of aryl methyl sites for hydroxylation is 2. The molecule has 1 aromatic heterocycles. The maximum atomic E-state index is 12.2. The topological polar surface area (TPSA) is 76.4 Å². The zero-order valence-corrected chi connectivity index (χ0v) is 13.6. The van der Waals surface area contributed by atoms with E-state index >= 15 is 0 Å². The summed E-state index contributed by atoms with van der Waals surface area (Å²) in [5.74, 6) is 1.36. The van der Waals surface area contributed by atoms with Crippen molar-refractivity contribution in [2.24, 2.45) is 0 Å². The van der Waals surface area contributed by atoms with Crippen LogP contribution in [0.4, 0.5) is 11.5 Å². The van der Waals surface area contributed by atoms with E-state index in [4.69, 9.17) is 20.9 Å². The Balaban J connectivity index is 2.09. The van der Waals surface area contributed by atoms with Crippen LogP contribution in [0.15, 0.2) is 22.7 Å². The van der Waals surface area contributed by atoms with Crippen molar-refractivity contribution in [3.8, 4) is 5.75 Å². The number of halogens is 1. The SMILES string of the molecule is COc1cc(Cl)c(C)cc1N[C@@H](C)C(=O)Nc1cc(C)on1. The van der Waals surface area contributed by atoms with E-state index < -0.39 is 6.04 Å². The molecular formula is C15H18ClN3O3. The smallest absolute Gasteiger partial charge is 0.247 e. The molecule has 7 heteroatoms. The second-order valence-corrected chi connectivity index (χ2v) is 5.39. The molecule has 0 fully saturated rings. The lowest BCUT2D eigenvalue weighted by Gasteiger charge is -2.17. The van der Waals surface area contributed by atoms with Crippen LogP contribution in [0.3, 0.4) is 0 Å². The number of anilines is 2. The molecule has 0 aliphatic carbocycles. The van der Waals surface area contributed by atoms with E-state index in [-0.39, 0.29) is 5.91 Å². The van der Waals surface area contributed by atoms with Crippen molar-refractivity contribution in [2.75, 3.05) is 17.7 Å². The number of benzene rings is 1. The number of carbonyl (C=O) groups excluding carboxylic acids is 1. The molecule has 2 rings (SSSR count). The summed E-state index contributed by atoms with van der Waals surface area (Å²) < 4.78 is 10.2. The average Bonchev–Trinajstić information content (AvgIpc) is 2.87. The van der Waals surface area contributed by atoms with Crippen LogP contribution in [-0.4, -0.2) is 24.2 Å². The minimum atomic E-state index is -0.494. The predicted molar refractivity (Wildman–Crippen MR) is 85.7 cm³/mol. The summed E-state index contributed by atoms with van der Waals surface area (Å²) in [7, 11) is 1.55. The normalized spacial score (nSPS) is 11.9. The van der Waals surface area contributed by atoms with Crippen LogP contribution in [0.5, 0.6) is 5.75 Å². The van der Waals surface area contributed by atoms with Gasteiger partial charge in [-0.15, -0.1) is 0 Å². The molecule has 0 aliphatic rings. The van der Waals surface area contributed by atoms with E-state index in [1.165, 1.54) is 0 Å². The zero-order valence-electron chi connectivity index (χ0n) is 12.9. The molecule has 0 saturated heterocycles. The standard InChI is InChI=1S/C15H18ClN3O3/c1-8-5-12(13(21-4)7-11(8)16)17-10(3)15(20)18-14-6-9(2)22-19-14/h5-7,10,17H,1-4H3,(H,18,19,20)/t10-/m0/s1. The fourth-order valence-corrected chi connectivity index (χ4v) is 2.06. The quantitative estimate of drug-likeness (QED) is 0.882. The average molecular weight is 324 g/mol. The molecule has 1 heterocycles. The Morgan fingerprint density at radius 3 is 2.68 bits per heavy atom. The van der Waals surface area contributed by atoms with Gasteiger partial charge in [-0.2, -0.15) is 0 Å². The lowest BCUT2D eigenvalue weighted by atomic mass is 10.2. The fraction of sp³-hybridized carbons (Fsp3) is 0.333. The van der Waals surface area contributed by atoms with Crippen molar-refractivity contribution in [1.82, 2.24) is 5.16 Å². The highest BCUT2D eigenvalue weighted by atomic mass is 35.5. The summed E-state index contributed by atoms with van der Waals surface area (Å²) in [6.07, 6.45) is 0. The molecule has 0 radical (unpaired) electrons. The van der Waals surface area contributed by atoms with Crippen molar-refractivity contribution >= 4 is 29.0 Å². The van der Waals surface area contributed by atoms with Crippen molar-refractivity contribution in [3.63, 3.8) is 0 Å². The van der Waals surface area contributed by atoms with E-state index in [0.717, 1.165) is 5.56 Å². The van der Waals surface area contributed by atoms with Crippen molar-refractivity contribution in [1.29, 1.82) is 0 Å². The second-order valence-electron chi connectivity index (χ2n) is 4.98. The molecular weight excluding hydrogens is 306 g/mol. The van der Waals surface area contributed by atoms with Crippen molar-refractivity contribution in [2.45, 2.75) is 26.8 Å². The fourth-order valence-electron chi connectivity index (χ4n) is 1.90. The first-order valence-corrected chi connectivity index (χ1v) is 7.13. The van der Waals surface area contributed by atoms with Gasteiger partial charge in [0.2, 0.25) is 5.91 Å². The Morgan fingerprint density at radius 1 is 1.36 bits per heavy atom. The lowest BCUT2D eigenvalue weighted by Crippen LogP contribution is -2.32. The Labute approximate surface area is 133 Å². The molecule has 6 nitrogen and oxygen atoms in total. The first kappa shape index (κ1) is 16.2. The van der Waals surface area contributed by atoms with Gasteiger partial charge in [-0.05, 0) is 32.4 Å². The molecule has 0 unspecified atom stereocenters. The number of aromatic nitrogens is 1. The minimum Gasteiger partial charge on any atom is -0.495 e. The van der Waals surface area contributed by atoms with Crippen LogP contribution in [-0.2, 0) is 4.79 Å². The number of nitrogens with one attached hydrogen (secondary N) is 2. The number of ether oxygens (including phenoxy) is 1. The van der Waals surface area contributed by atoms with E-state index in [1.807, 2.05) is 13.0 Å². The van der Waals surface area contributed by atoms with Crippen LogP contribution in [0.1, 0.15) is 18.2 Å². The Kier molecular flexibility index (Phi) is 4.92. The maximum absolute atomic E-state index is 12.2. The summed E-state index contributed by atoms with van der Waals surface area (Å²) >= 11 is 6.07. The van der Waals surface area contributed by atoms with Crippen LogP contribution in [0, 0.1) is 13.8 Å². The Hall–Kier alpha value is -2.21. The predicted octanol–water partition coefficient (Wildman–Crippen LogP) is 3.39. The van der Waals surface area contributed by atoms with Gasteiger partial charge in [0.1, 0.15) is 17.6 Å². The highest BCUT2D eigenvalue weighted by Crippen LogP contribution is 2.31. The summed E-state index contributed by atoms with van der Waals surface area (Å²) in [4.78, 5) is 12.2. The molecule has 1 atom stereocenters. The summed E-state index contributed by atoms with van der Waals surface area (Å²) in [5.41, 5.74) is 1.59.